The van der Waals surface area contributed by atoms with Crippen molar-refractivity contribution in [2.24, 2.45) is 29.1 Å². The first-order chi connectivity index (χ1) is 14.4. The smallest absolute Gasteiger partial charge is 0.0809 e. The number of aliphatic hydroxyl groups excluding tert-OH is 2. The molecule has 0 saturated heterocycles. The van der Waals surface area contributed by atoms with Crippen LogP contribution in [-0.2, 0) is 0 Å². The summed E-state index contributed by atoms with van der Waals surface area (Å²) in [6.45, 7) is 14.5. The molecule has 0 radical (unpaired) electrons. The van der Waals surface area contributed by atoms with Crippen molar-refractivity contribution in [1.29, 1.82) is 0 Å². The summed E-state index contributed by atoms with van der Waals surface area (Å²) in [6.07, 6.45) is 15.1. The van der Waals surface area contributed by atoms with Gasteiger partial charge in [0.2, 0.25) is 0 Å². The SMILES string of the molecule is C=C1[C@H](O)CC(=CC=C2CCC[C@]3(C)C([C@@H](C)C=C[C@@H](C)C(C)(C)O)CC[C@@H]23)C[C@H]1O. The summed E-state index contributed by atoms with van der Waals surface area (Å²) in [4.78, 5) is 0. The Balaban J connectivity index is 1.73. The number of allylic oxidation sites excluding steroid dienone is 4. The third-order valence-electron chi connectivity index (χ3n) is 8.79. The van der Waals surface area contributed by atoms with E-state index in [1.807, 2.05) is 13.8 Å². The maximum Gasteiger partial charge on any atom is 0.0809 e. The van der Waals surface area contributed by atoms with Crippen LogP contribution >= 0.6 is 0 Å². The molecule has 0 spiro atoms. The highest BCUT2D eigenvalue weighted by Gasteiger charge is 2.50. The first kappa shape index (κ1) is 24.5. The lowest BCUT2D eigenvalue weighted by atomic mass is 9.61. The minimum atomic E-state index is -0.681. The van der Waals surface area contributed by atoms with E-state index in [0.29, 0.717) is 41.6 Å². The van der Waals surface area contributed by atoms with Crippen LogP contribution in [0.15, 0.2) is 47.6 Å². The Labute approximate surface area is 189 Å². The van der Waals surface area contributed by atoms with E-state index in [0.717, 1.165) is 12.0 Å². The average molecular weight is 429 g/mol. The van der Waals surface area contributed by atoms with Gasteiger partial charge in [-0.1, -0.05) is 62.8 Å². The highest BCUT2D eigenvalue weighted by atomic mass is 16.3. The molecule has 3 saturated carbocycles. The zero-order valence-electron chi connectivity index (χ0n) is 20.3. The highest BCUT2D eigenvalue weighted by Crippen LogP contribution is 2.59. The molecule has 3 nitrogen and oxygen atoms in total. The third kappa shape index (κ3) is 5.26. The fourth-order valence-corrected chi connectivity index (χ4v) is 6.28. The summed E-state index contributed by atoms with van der Waals surface area (Å²) >= 11 is 0. The Morgan fingerprint density at radius 2 is 1.71 bits per heavy atom. The molecule has 174 valence electrons. The molecule has 3 N–H and O–H groups in total. The summed E-state index contributed by atoms with van der Waals surface area (Å²) in [5.74, 6) is 1.94. The first-order valence-corrected chi connectivity index (χ1v) is 12.3. The molecule has 7 atom stereocenters. The maximum atomic E-state index is 10.3. The second kappa shape index (κ2) is 9.37. The van der Waals surface area contributed by atoms with Gasteiger partial charge in [-0.2, -0.15) is 0 Å². The summed E-state index contributed by atoms with van der Waals surface area (Å²) in [5.41, 5.74) is 2.87. The molecule has 31 heavy (non-hydrogen) atoms. The molecule has 0 aliphatic heterocycles. The largest absolute Gasteiger partial charge is 0.390 e. The molecule has 0 bridgehead atoms. The van der Waals surface area contributed by atoms with E-state index in [9.17, 15) is 15.3 Å². The average Bonchev–Trinajstić information content (AvgIpc) is 3.05. The van der Waals surface area contributed by atoms with Gasteiger partial charge in [-0.3, -0.25) is 0 Å². The van der Waals surface area contributed by atoms with Crippen LogP contribution < -0.4 is 0 Å². The number of hydrogen-bond donors (Lipinski definition) is 3. The summed E-state index contributed by atoms with van der Waals surface area (Å²) in [6, 6.07) is 0. The predicted molar refractivity (Wildman–Crippen MR) is 128 cm³/mol. The highest BCUT2D eigenvalue weighted by molar-refractivity contribution is 5.29. The number of hydrogen-bond acceptors (Lipinski definition) is 3. The monoisotopic (exact) mass is 428 g/mol. The number of rotatable bonds is 5. The Morgan fingerprint density at radius 3 is 2.32 bits per heavy atom. The van der Waals surface area contributed by atoms with Crippen LogP contribution in [0, 0.1) is 29.1 Å². The standard InChI is InChI=1S/C28H44O3/c1-18(9-10-19(2)27(4,5)31)23-13-14-24-22(8-7-15-28(23,24)6)12-11-21-16-25(29)20(3)26(30)17-21/h9-12,18-19,23-26,29-31H,3,7-8,13-17H2,1-2,4-6H3/t18-,19+,23?,24-,25+,26+,28+/m0/s1. The fraction of sp³-hybridized carbons (Fsp3) is 0.714. The molecule has 3 fully saturated rings. The Kier molecular flexibility index (Phi) is 7.40. The van der Waals surface area contributed by atoms with Crippen molar-refractivity contribution >= 4 is 0 Å². The minimum absolute atomic E-state index is 0.144. The molecule has 1 unspecified atom stereocenters. The van der Waals surface area contributed by atoms with E-state index < -0.39 is 17.8 Å². The van der Waals surface area contributed by atoms with Gasteiger partial charge in [-0.05, 0) is 87.5 Å². The van der Waals surface area contributed by atoms with Gasteiger partial charge in [0.05, 0.1) is 17.8 Å². The van der Waals surface area contributed by atoms with Crippen molar-refractivity contribution in [3.63, 3.8) is 0 Å². The zero-order valence-corrected chi connectivity index (χ0v) is 20.3. The van der Waals surface area contributed by atoms with E-state index in [1.54, 1.807) is 5.57 Å². The van der Waals surface area contributed by atoms with Crippen molar-refractivity contribution < 1.29 is 15.3 Å². The van der Waals surface area contributed by atoms with Gasteiger partial charge in [0.1, 0.15) is 0 Å². The number of fused-ring (bicyclic) bond motifs is 1. The number of aliphatic hydroxyl groups is 3. The lowest BCUT2D eigenvalue weighted by Crippen LogP contribution is -2.35. The zero-order chi connectivity index (χ0) is 23.0. The van der Waals surface area contributed by atoms with Gasteiger partial charge in [0.25, 0.3) is 0 Å². The Morgan fingerprint density at radius 1 is 1.06 bits per heavy atom. The van der Waals surface area contributed by atoms with Gasteiger partial charge < -0.3 is 15.3 Å². The van der Waals surface area contributed by atoms with Crippen molar-refractivity contribution in [2.75, 3.05) is 0 Å². The molecule has 3 heteroatoms. The van der Waals surface area contributed by atoms with E-state index >= 15 is 0 Å². The second-order valence-corrected chi connectivity index (χ2v) is 11.4. The predicted octanol–water partition coefficient (Wildman–Crippen LogP) is 5.73. The van der Waals surface area contributed by atoms with Crippen LogP contribution in [0.4, 0.5) is 0 Å². The molecular formula is C28H44O3. The minimum Gasteiger partial charge on any atom is -0.390 e. The van der Waals surface area contributed by atoms with E-state index in [4.69, 9.17) is 0 Å². The molecule has 3 aliphatic rings. The lowest BCUT2D eigenvalue weighted by Gasteiger charge is -2.44. The van der Waals surface area contributed by atoms with Crippen LogP contribution in [0.5, 0.6) is 0 Å². The van der Waals surface area contributed by atoms with Gasteiger partial charge >= 0.3 is 0 Å². The molecule has 3 aliphatic carbocycles. The van der Waals surface area contributed by atoms with Crippen LogP contribution in [0.25, 0.3) is 0 Å². The molecular weight excluding hydrogens is 384 g/mol. The van der Waals surface area contributed by atoms with Crippen LogP contribution in [0.2, 0.25) is 0 Å². The fourth-order valence-electron chi connectivity index (χ4n) is 6.28. The van der Waals surface area contributed by atoms with Gasteiger partial charge in [0.15, 0.2) is 0 Å². The summed E-state index contributed by atoms with van der Waals surface area (Å²) < 4.78 is 0. The molecule has 0 aromatic carbocycles. The van der Waals surface area contributed by atoms with Crippen LogP contribution in [0.3, 0.4) is 0 Å². The molecule has 0 heterocycles. The van der Waals surface area contributed by atoms with E-state index in [2.05, 4.69) is 51.7 Å². The summed E-state index contributed by atoms with van der Waals surface area (Å²) in [5, 5.41) is 30.5. The van der Waals surface area contributed by atoms with Gasteiger partial charge in [-0.25, -0.2) is 0 Å². The van der Waals surface area contributed by atoms with Gasteiger partial charge in [0, 0.05) is 5.92 Å². The summed E-state index contributed by atoms with van der Waals surface area (Å²) in [7, 11) is 0. The van der Waals surface area contributed by atoms with Crippen molar-refractivity contribution in [3.8, 4) is 0 Å². The molecule has 0 aromatic heterocycles. The Hall–Kier alpha value is -1.16. The van der Waals surface area contributed by atoms with Crippen molar-refractivity contribution in [1.82, 2.24) is 0 Å². The quantitative estimate of drug-likeness (QED) is 0.490. The van der Waals surface area contributed by atoms with Gasteiger partial charge in [-0.15, -0.1) is 0 Å². The maximum absolute atomic E-state index is 10.3. The first-order valence-electron chi connectivity index (χ1n) is 12.3. The van der Waals surface area contributed by atoms with E-state index in [-0.39, 0.29) is 5.92 Å². The Bertz CT molecular complexity index is 737. The van der Waals surface area contributed by atoms with Crippen molar-refractivity contribution in [3.05, 3.63) is 47.6 Å². The normalized spacial score (nSPS) is 37.9. The molecule has 0 amide bonds. The third-order valence-corrected chi connectivity index (χ3v) is 8.79. The van der Waals surface area contributed by atoms with Crippen LogP contribution in [0.1, 0.15) is 79.6 Å². The van der Waals surface area contributed by atoms with Crippen LogP contribution in [-0.4, -0.2) is 33.1 Å². The van der Waals surface area contributed by atoms with Crippen molar-refractivity contribution in [2.45, 2.75) is 97.4 Å². The lowest BCUT2D eigenvalue weighted by molar-refractivity contribution is 0.0436. The second-order valence-electron chi connectivity index (χ2n) is 11.4. The molecule has 0 aromatic rings. The topological polar surface area (TPSA) is 60.7 Å². The molecule has 3 rings (SSSR count). The van der Waals surface area contributed by atoms with E-state index in [1.165, 1.54) is 25.7 Å².